The van der Waals surface area contributed by atoms with E-state index in [1.165, 1.54) is 23.1 Å². The Bertz CT molecular complexity index is 1100. The predicted molar refractivity (Wildman–Crippen MR) is 135 cm³/mol. The second-order valence-electron chi connectivity index (χ2n) is 8.96. The number of carbonyl (C=O) groups excluding carboxylic acids is 2. The molecule has 0 saturated heterocycles. The molecule has 2 aromatic carbocycles. The highest BCUT2D eigenvalue weighted by Crippen LogP contribution is 2.23. The lowest BCUT2D eigenvalue weighted by atomic mass is 10.1. The van der Waals surface area contributed by atoms with Gasteiger partial charge in [-0.2, -0.15) is 0 Å². The Morgan fingerprint density at radius 3 is 2.29 bits per heavy atom. The van der Waals surface area contributed by atoms with Crippen molar-refractivity contribution in [2.45, 2.75) is 57.5 Å². The van der Waals surface area contributed by atoms with Crippen LogP contribution in [-0.4, -0.2) is 56.6 Å². The zero-order valence-corrected chi connectivity index (χ0v) is 21.1. The first-order valence-corrected chi connectivity index (χ1v) is 13.9. The molecule has 3 rings (SSSR count). The van der Waals surface area contributed by atoms with Crippen LogP contribution >= 0.6 is 0 Å². The molecular weight excluding hydrogens is 469 g/mol. The summed E-state index contributed by atoms with van der Waals surface area (Å²) in [5.74, 6) is -1.53. The topological polar surface area (TPSA) is 86.8 Å². The number of carbonyl (C=O) groups is 2. The van der Waals surface area contributed by atoms with Crippen molar-refractivity contribution in [1.29, 1.82) is 0 Å². The fourth-order valence-electron chi connectivity index (χ4n) is 4.51. The minimum absolute atomic E-state index is 0.0913. The van der Waals surface area contributed by atoms with Gasteiger partial charge in [-0.05, 0) is 43.4 Å². The highest BCUT2D eigenvalue weighted by atomic mass is 32.2. The minimum Gasteiger partial charge on any atom is -0.352 e. The SMILES string of the molecule is CCC(C(=O)NC1CCCC1)N(CCc1ccccc1)C(=O)CN(c1ccccc1F)S(C)(=O)=O. The molecular formula is C26H34FN3O4S. The zero-order chi connectivity index (χ0) is 25.4. The molecule has 7 nitrogen and oxygen atoms in total. The van der Waals surface area contributed by atoms with Crippen LogP contribution in [0.5, 0.6) is 0 Å². The molecule has 190 valence electrons. The third-order valence-corrected chi connectivity index (χ3v) is 7.50. The maximum absolute atomic E-state index is 14.5. The Kier molecular flexibility index (Phi) is 9.26. The fraction of sp³-hybridized carbons (Fsp3) is 0.462. The lowest BCUT2D eigenvalue weighted by Crippen LogP contribution is -2.54. The molecule has 9 heteroatoms. The average molecular weight is 504 g/mol. The lowest BCUT2D eigenvalue weighted by Gasteiger charge is -2.33. The number of halogens is 1. The van der Waals surface area contributed by atoms with Crippen molar-refractivity contribution in [3.8, 4) is 0 Å². The van der Waals surface area contributed by atoms with Crippen LogP contribution in [0.4, 0.5) is 10.1 Å². The number of benzene rings is 2. The lowest BCUT2D eigenvalue weighted by molar-refractivity contribution is -0.139. The number of nitrogens with one attached hydrogen (secondary N) is 1. The summed E-state index contributed by atoms with van der Waals surface area (Å²) in [5.41, 5.74) is 0.792. The monoisotopic (exact) mass is 503 g/mol. The Balaban J connectivity index is 1.87. The second-order valence-corrected chi connectivity index (χ2v) is 10.9. The summed E-state index contributed by atoms with van der Waals surface area (Å²) in [6.45, 7) is 1.46. The highest BCUT2D eigenvalue weighted by molar-refractivity contribution is 7.92. The van der Waals surface area contributed by atoms with Crippen molar-refractivity contribution < 1.29 is 22.4 Å². The molecule has 1 saturated carbocycles. The molecule has 0 radical (unpaired) electrons. The quantitative estimate of drug-likeness (QED) is 0.509. The van der Waals surface area contributed by atoms with E-state index in [4.69, 9.17) is 0 Å². The minimum atomic E-state index is -3.96. The van der Waals surface area contributed by atoms with Gasteiger partial charge in [-0.1, -0.05) is 62.2 Å². The van der Waals surface area contributed by atoms with Crippen molar-refractivity contribution in [2.24, 2.45) is 0 Å². The average Bonchev–Trinajstić information content (AvgIpc) is 3.33. The first-order chi connectivity index (χ1) is 16.7. The van der Waals surface area contributed by atoms with Gasteiger partial charge in [-0.15, -0.1) is 0 Å². The number of rotatable bonds is 11. The van der Waals surface area contributed by atoms with Gasteiger partial charge >= 0.3 is 0 Å². The number of para-hydroxylation sites is 1. The number of hydrogen-bond acceptors (Lipinski definition) is 4. The maximum atomic E-state index is 14.5. The molecule has 0 spiro atoms. The molecule has 0 aromatic heterocycles. The van der Waals surface area contributed by atoms with E-state index in [9.17, 15) is 22.4 Å². The Morgan fingerprint density at radius 1 is 1.06 bits per heavy atom. The molecule has 1 unspecified atom stereocenters. The number of anilines is 1. The number of nitrogens with zero attached hydrogens (tertiary/aromatic N) is 2. The first-order valence-electron chi connectivity index (χ1n) is 12.1. The van der Waals surface area contributed by atoms with Gasteiger partial charge in [0.1, 0.15) is 18.4 Å². The van der Waals surface area contributed by atoms with E-state index in [0.29, 0.717) is 12.8 Å². The standard InChI is InChI=1S/C26H34FN3O4S/c1-3-23(26(32)28-21-13-7-8-14-21)29(18-17-20-11-5-4-6-12-20)25(31)19-30(35(2,33)34)24-16-10-9-15-22(24)27/h4-6,9-12,15-16,21,23H,3,7-8,13-14,17-19H2,1-2H3,(H,28,32). The Labute approximate surface area is 207 Å². The third kappa shape index (κ3) is 7.27. The smallest absolute Gasteiger partial charge is 0.244 e. The number of hydrogen-bond donors (Lipinski definition) is 1. The van der Waals surface area contributed by atoms with E-state index in [1.54, 1.807) is 0 Å². The molecule has 0 heterocycles. The summed E-state index contributed by atoms with van der Waals surface area (Å²) in [4.78, 5) is 28.2. The van der Waals surface area contributed by atoms with Gasteiger partial charge in [0.2, 0.25) is 21.8 Å². The van der Waals surface area contributed by atoms with Gasteiger partial charge in [0.25, 0.3) is 0 Å². The molecule has 1 N–H and O–H groups in total. The largest absolute Gasteiger partial charge is 0.352 e. The van der Waals surface area contributed by atoms with Crippen molar-refractivity contribution in [3.63, 3.8) is 0 Å². The van der Waals surface area contributed by atoms with E-state index in [1.807, 2.05) is 37.3 Å². The molecule has 0 aliphatic heterocycles. The summed E-state index contributed by atoms with van der Waals surface area (Å²) >= 11 is 0. The molecule has 1 fully saturated rings. The van der Waals surface area contributed by atoms with Gasteiger partial charge in [0.05, 0.1) is 11.9 Å². The van der Waals surface area contributed by atoms with Crippen LogP contribution < -0.4 is 9.62 Å². The fourth-order valence-corrected chi connectivity index (χ4v) is 5.36. The first kappa shape index (κ1) is 26.7. The molecule has 35 heavy (non-hydrogen) atoms. The van der Waals surface area contributed by atoms with Gasteiger partial charge in [0, 0.05) is 12.6 Å². The van der Waals surface area contributed by atoms with Crippen LogP contribution in [0.2, 0.25) is 0 Å². The van der Waals surface area contributed by atoms with Crippen LogP contribution in [0.3, 0.4) is 0 Å². The van der Waals surface area contributed by atoms with Crippen molar-refractivity contribution in [1.82, 2.24) is 10.2 Å². The van der Waals surface area contributed by atoms with Crippen molar-refractivity contribution in [3.05, 3.63) is 66.0 Å². The molecule has 2 amide bonds. The van der Waals surface area contributed by atoms with E-state index >= 15 is 0 Å². The van der Waals surface area contributed by atoms with E-state index in [0.717, 1.165) is 47.9 Å². The maximum Gasteiger partial charge on any atom is 0.244 e. The second kappa shape index (κ2) is 12.2. The Morgan fingerprint density at radius 2 is 1.69 bits per heavy atom. The van der Waals surface area contributed by atoms with Gasteiger partial charge in [-0.25, -0.2) is 12.8 Å². The van der Waals surface area contributed by atoms with Crippen LogP contribution in [-0.2, 0) is 26.0 Å². The third-order valence-electron chi connectivity index (χ3n) is 6.37. The van der Waals surface area contributed by atoms with Crippen LogP contribution in [0, 0.1) is 5.82 Å². The molecule has 1 aliphatic rings. The predicted octanol–water partition coefficient (Wildman–Crippen LogP) is 3.50. The summed E-state index contributed by atoms with van der Waals surface area (Å²) < 4.78 is 40.3. The van der Waals surface area contributed by atoms with E-state index < -0.39 is 34.3 Å². The van der Waals surface area contributed by atoms with Gasteiger partial charge in [-0.3, -0.25) is 13.9 Å². The number of sulfonamides is 1. The van der Waals surface area contributed by atoms with E-state index in [-0.39, 0.29) is 24.2 Å². The van der Waals surface area contributed by atoms with Crippen LogP contribution in [0.25, 0.3) is 0 Å². The Hall–Kier alpha value is -2.94. The number of amides is 2. The normalized spacial score (nSPS) is 14.9. The van der Waals surface area contributed by atoms with Crippen LogP contribution in [0.15, 0.2) is 54.6 Å². The zero-order valence-electron chi connectivity index (χ0n) is 20.3. The molecule has 2 aromatic rings. The summed E-state index contributed by atoms with van der Waals surface area (Å²) in [6.07, 6.45) is 5.75. The van der Waals surface area contributed by atoms with Gasteiger partial charge < -0.3 is 10.2 Å². The summed E-state index contributed by atoms with van der Waals surface area (Å²) in [5, 5.41) is 3.06. The summed E-state index contributed by atoms with van der Waals surface area (Å²) in [7, 11) is -3.96. The molecule has 1 aliphatic carbocycles. The van der Waals surface area contributed by atoms with Gasteiger partial charge in [0.15, 0.2) is 0 Å². The highest BCUT2D eigenvalue weighted by Gasteiger charge is 2.33. The summed E-state index contributed by atoms with van der Waals surface area (Å²) in [6, 6.07) is 14.3. The van der Waals surface area contributed by atoms with Crippen molar-refractivity contribution in [2.75, 3.05) is 23.7 Å². The molecule has 1 atom stereocenters. The van der Waals surface area contributed by atoms with Crippen molar-refractivity contribution >= 4 is 27.5 Å². The molecule has 0 bridgehead atoms. The van der Waals surface area contributed by atoms with E-state index in [2.05, 4.69) is 5.32 Å². The van der Waals surface area contributed by atoms with Crippen LogP contribution in [0.1, 0.15) is 44.6 Å².